The first-order valence-corrected chi connectivity index (χ1v) is 11.5. The molecule has 1 atom stereocenters. The van der Waals surface area contributed by atoms with Crippen molar-refractivity contribution in [3.63, 3.8) is 0 Å². The van der Waals surface area contributed by atoms with E-state index in [4.69, 9.17) is 4.74 Å². The number of benzene rings is 2. The summed E-state index contributed by atoms with van der Waals surface area (Å²) in [5, 5.41) is 18.8. The van der Waals surface area contributed by atoms with Gasteiger partial charge < -0.3 is 20.3 Å². The normalized spacial score (nSPS) is 20.2. The lowest BCUT2D eigenvalue weighted by Crippen LogP contribution is -2.48. The average Bonchev–Trinajstić information content (AvgIpc) is 2.86. The molecule has 0 spiro atoms. The van der Waals surface area contributed by atoms with Crippen LogP contribution in [0.4, 0.5) is 5.69 Å². The monoisotopic (exact) mass is 427 g/mol. The zero-order valence-electron chi connectivity index (χ0n) is 18.3. The first kappa shape index (κ1) is 20.9. The second-order valence-corrected chi connectivity index (χ2v) is 8.73. The summed E-state index contributed by atoms with van der Waals surface area (Å²) in [6, 6.07) is 16.9. The molecule has 2 aromatic carbocycles. The van der Waals surface area contributed by atoms with Crippen molar-refractivity contribution in [2.45, 2.75) is 25.0 Å². The number of anilines is 1. The van der Waals surface area contributed by atoms with Gasteiger partial charge >= 0.3 is 0 Å². The van der Waals surface area contributed by atoms with E-state index < -0.39 is 0 Å². The molecular weight excluding hydrogens is 398 g/mol. The summed E-state index contributed by atoms with van der Waals surface area (Å²) in [7, 11) is 0. The second kappa shape index (κ2) is 9.66. The van der Waals surface area contributed by atoms with Gasteiger partial charge in [0.25, 0.3) is 0 Å². The molecule has 0 amide bonds. The fraction of sp³-hybridized carbons (Fsp3) is 0.385. The molecule has 32 heavy (non-hydrogen) atoms. The van der Waals surface area contributed by atoms with Crippen molar-refractivity contribution in [1.29, 1.82) is 5.26 Å². The van der Waals surface area contributed by atoms with Crippen molar-refractivity contribution in [2.75, 3.05) is 44.6 Å². The van der Waals surface area contributed by atoms with Gasteiger partial charge in [0.1, 0.15) is 0 Å². The summed E-state index contributed by atoms with van der Waals surface area (Å²) in [5.41, 5.74) is 3.96. The number of piperidine rings is 1. The van der Waals surface area contributed by atoms with Gasteiger partial charge in [0.15, 0.2) is 0 Å². The highest BCUT2D eigenvalue weighted by Gasteiger charge is 2.23. The lowest BCUT2D eigenvalue weighted by atomic mass is 9.98. The first-order valence-electron chi connectivity index (χ1n) is 11.5. The van der Waals surface area contributed by atoms with E-state index >= 15 is 0 Å². The molecule has 3 aromatic rings. The fourth-order valence-electron chi connectivity index (χ4n) is 4.76. The lowest BCUT2D eigenvalue weighted by Gasteiger charge is -2.36. The first-order chi connectivity index (χ1) is 15.8. The summed E-state index contributed by atoms with van der Waals surface area (Å²) < 4.78 is 5.88. The summed E-state index contributed by atoms with van der Waals surface area (Å²) >= 11 is 0. The van der Waals surface area contributed by atoms with Gasteiger partial charge in [-0.15, -0.1) is 0 Å². The minimum absolute atomic E-state index is 0.309. The summed E-state index contributed by atoms with van der Waals surface area (Å²) in [6.45, 7) is 5.91. The van der Waals surface area contributed by atoms with Gasteiger partial charge in [-0.2, -0.15) is 5.26 Å². The topological polar surface area (TPSA) is 73.2 Å². The van der Waals surface area contributed by atoms with E-state index in [2.05, 4.69) is 50.9 Å². The number of aromatic nitrogens is 1. The Hall–Kier alpha value is -2.98. The number of nitrogens with one attached hydrogen (secondary N) is 2. The van der Waals surface area contributed by atoms with E-state index in [-0.39, 0.29) is 0 Å². The van der Waals surface area contributed by atoms with Gasteiger partial charge in [-0.05, 0) is 59.7 Å². The third-order valence-electron chi connectivity index (χ3n) is 6.49. The molecule has 164 valence electrons. The summed E-state index contributed by atoms with van der Waals surface area (Å²) in [6.07, 6.45) is 6.30. The maximum atomic E-state index is 9.29. The van der Waals surface area contributed by atoms with E-state index in [1.54, 1.807) is 0 Å². The van der Waals surface area contributed by atoms with E-state index in [0.29, 0.717) is 17.7 Å². The number of rotatable bonds is 5. The highest BCUT2D eigenvalue weighted by atomic mass is 16.5. The number of likely N-dealkylation sites (tertiary alicyclic amines) is 1. The van der Waals surface area contributed by atoms with Crippen LogP contribution in [0, 0.1) is 11.3 Å². The maximum Gasteiger partial charge on any atom is 0.0991 e. The molecule has 0 aliphatic carbocycles. The van der Waals surface area contributed by atoms with Crippen molar-refractivity contribution in [1.82, 2.24) is 15.2 Å². The van der Waals surface area contributed by atoms with Crippen LogP contribution < -0.4 is 10.6 Å². The van der Waals surface area contributed by atoms with E-state index in [9.17, 15) is 5.26 Å². The van der Waals surface area contributed by atoms with Gasteiger partial charge in [-0.3, -0.25) is 4.98 Å². The minimum atomic E-state index is 0.309. The highest BCUT2D eigenvalue weighted by Crippen LogP contribution is 2.32. The molecule has 3 heterocycles. The SMILES string of the molecule is N#Cc1cccc(-c2cc(NC3CCN(CC4CNCCO4)CC3)c3cnccc3c2)c1. The zero-order chi connectivity index (χ0) is 21.8. The number of nitrogens with zero attached hydrogens (tertiary/aromatic N) is 3. The minimum Gasteiger partial charge on any atom is -0.382 e. The van der Waals surface area contributed by atoms with Crippen LogP contribution in [0.5, 0.6) is 0 Å². The number of pyridine rings is 1. The maximum absolute atomic E-state index is 9.29. The third kappa shape index (κ3) is 4.76. The van der Waals surface area contributed by atoms with Gasteiger partial charge in [-0.1, -0.05) is 12.1 Å². The Kier molecular flexibility index (Phi) is 6.31. The zero-order valence-corrected chi connectivity index (χ0v) is 18.3. The molecule has 6 heteroatoms. The van der Waals surface area contributed by atoms with Crippen LogP contribution in [-0.4, -0.2) is 61.4 Å². The van der Waals surface area contributed by atoms with Gasteiger partial charge in [0.2, 0.25) is 0 Å². The third-order valence-corrected chi connectivity index (χ3v) is 6.49. The molecule has 6 nitrogen and oxygen atoms in total. The number of fused-ring (bicyclic) bond motifs is 1. The van der Waals surface area contributed by atoms with E-state index in [1.807, 2.05) is 30.6 Å². The van der Waals surface area contributed by atoms with Crippen molar-refractivity contribution >= 4 is 16.5 Å². The van der Waals surface area contributed by atoms with Gasteiger partial charge in [-0.25, -0.2) is 0 Å². The molecule has 2 fully saturated rings. The van der Waals surface area contributed by atoms with Crippen LogP contribution in [-0.2, 0) is 4.74 Å². The molecule has 2 N–H and O–H groups in total. The van der Waals surface area contributed by atoms with Crippen LogP contribution in [0.1, 0.15) is 18.4 Å². The molecule has 1 unspecified atom stereocenters. The number of hydrogen-bond acceptors (Lipinski definition) is 6. The van der Waals surface area contributed by atoms with E-state index in [0.717, 1.165) is 79.8 Å². The smallest absolute Gasteiger partial charge is 0.0991 e. The summed E-state index contributed by atoms with van der Waals surface area (Å²) in [5.74, 6) is 0. The molecule has 2 aliphatic heterocycles. The Balaban J connectivity index is 1.32. The Morgan fingerprint density at radius 1 is 1.16 bits per heavy atom. The van der Waals surface area contributed by atoms with Crippen molar-refractivity contribution in [3.05, 3.63) is 60.4 Å². The standard InChI is InChI=1S/C26H29N5O/c27-15-19-2-1-3-20(12-19)22-13-21-4-7-28-17-25(21)26(14-22)30-23-5-9-31(10-6-23)18-24-16-29-8-11-32-24/h1-4,7,12-14,17,23-24,29-30H,5-6,8-11,16,18H2. The van der Waals surface area contributed by atoms with Crippen LogP contribution in [0.3, 0.4) is 0 Å². The Labute approximate surface area is 189 Å². The average molecular weight is 428 g/mol. The Morgan fingerprint density at radius 3 is 2.88 bits per heavy atom. The Morgan fingerprint density at radius 2 is 2.06 bits per heavy atom. The van der Waals surface area contributed by atoms with Crippen LogP contribution >= 0.6 is 0 Å². The quantitative estimate of drug-likeness (QED) is 0.648. The van der Waals surface area contributed by atoms with Crippen molar-refractivity contribution < 1.29 is 4.74 Å². The number of ether oxygens (including phenoxy) is 1. The van der Waals surface area contributed by atoms with Crippen LogP contribution in [0.25, 0.3) is 21.9 Å². The van der Waals surface area contributed by atoms with Crippen LogP contribution in [0.2, 0.25) is 0 Å². The largest absolute Gasteiger partial charge is 0.382 e. The molecule has 5 rings (SSSR count). The molecule has 0 radical (unpaired) electrons. The van der Waals surface area contributed by atoms with Crippen LogP contribution in [0.15, 0.2) is 54.9 Å². The lowest BCUT2D eigenvalue weighted by molar-refractivity contribution is 0.00179. The summed E-state index contributed by atoms with van der Waals surface area (Å²) in [4.78, 5) is 6.89. The Bertz CT molecular complexity index is 1110. The second-order valence-electron chi connectivity index (χ2n) is 8.73. The molecule has 2 saturated heterocycles. The predicted molar refractivity (Wildman–Crippen MR) is 128 cm³/mol. The van der Waals surface area contributed by atoms with Gasteiger partial charge in [0, 0.05) is 62.2 Å². The number of hydrogen-bond donors (Lipinski definition) is 2. The fourth-order valence-corrected chi connectivity index (χ4v) is 4.76. The number of nitriles is 1. The molecule has 1 aromatic heterocycles. The van der Waals surface area contributed by atoms with Crippen molar-refractivity contribution in [2.24, 2.45) is 0 Å². The van der Waals surface area contributed by atoms with E-state index in [1.165, 1.54) is 0 Å². The molecule has 0 saturated carbocycles. The van der Waals surface area contributed by atoms with Crippen molar-refractivity contribution in [3.8, 4) is 17.2 Å². The predicted octanol–water partition coefficient (Wildman–Crippen LogP) is 3.64. The molecular formula is C26H29N5O. The molecule has 0 bridgehead atoms. The number of morpholine rings is 1. The van der Waals surface area contributed by atoms with Gasteiger partial charge in [0.05, 0.1) is 24.3 Å². The highest BCUT2D eigenvalue weighted by molar-refractivity contribution is 5.97. The molecule has 2 aliphatic rings.